The Labute approximate surface area is 111 Å². The first kappa shape index (κ1) is 12.5. The van der Waals surface area contributed by atoms with Crippen molar-refractivity contribution < 1.29 is 4.42 Å². The van der Waals surface area contributed by atoms with Gasteiger partial charge in [0.25, 0.3) is 0 Å². The van der Waals surface area contributed by atoms with Gasteiger partial charge in [-0.05, 0) is 49.9 Å². The molecular weight excluding hydrogens is 257 g/mol. The van der Waals surface area contributed by atoms with E-state index >= 15 is 0 Å². The summed E-state index contributed by atoms with van der Waals surface area (Å²) in [6.45, 7) is 1.92. The second kappa shape index (κ2) is 5.13. The molecule has 0 saturated carbocycles. The highest BCUT2D eigenvalue weighted by Gasteiger charge is 2.16. The summed E-state index contributed by atoms with van der Waals surface area (Å²) in [6, 6.07) is 9.32. The molecule has 1 atom stereocenters. The second-order valence-electron chi connectivity index (χ2n) is 3.87. The predicted octanol–water partition coefficient (Wildman–Crippen LogP) is 4.20. The van der Waals surface area contributed by atoms with Gasteiger partial charge in [-0.1, -0.05) is 23.2 Å². The monoisotopic (exact) mass is 269 g/mol. The molecule has 0 radical (unpaired) electrons. The van der Waals surface area contributed by atoms with Gasteiger partial charge in [-0.3, -0.25) is 0 Å². The van der Waals surface area contributed by atoms with E-state index in [1.807, 2.05) is 38.2 Å². The summed E-state index contributed by atoms with van der Waals surface area (Å²) >= 11 is 12.0. The van der Waals surface area contributed by atoms with Crippen LogP contribution in [0.5, 0.6) is 0 Å². The molecule has 17 heavy (non-hydrogen) atoms. The van der Waals surface area contributed by atoms with E-state index in [9.17, 15) is 0 Å². The highest BCUT2D eigenvalue weighted by molar-refractivity contribution is 6.34. The summed E-state index contributed by atoms with van der Waals surface area (Å²) in [7, 11) is 1.87. The Kier molecular flexibility index (Phi) is 3.77. The van der Waals surface area contributed by atoms with Crippen LogP contribution in [0.2, 0.25) is 10.0 Å². The average Bonchev–Trinajstić information content (AvgIpc) is 2.64. The third kappa shape index (κ3) is 2.83. The number of halogens is 2. The predicted molar refractivity (Wildman–Crippen MR) is 70.8 cm³/mol. The van der Waals surface area contributed by atoms with Crippen LogP contribution in [0, 0.1) is 6.92 Å². The topological polar surface area (TPSA) is 25.2 Å². The maximum Gasteiger partial charge on any atom is 0.125 e. The number of benzene rings is 1. The van der Waals surface area contributed by atoms with Crippen molar-refractivity contribution in [1.29, 1.82) is 0 Å². The third-order valence-electron chi connectivity index (χ3n) is 2.55. The normalized spacial score (nSPS) is 12.7. The van der Waals surface area contributed by atoms with E-state index in [1.54, 1.807) is 6.07 Å². The quantitative estimate of drug-likeness (QED) is 0.904. The number of aryl methyl sites for hydroxylation is 1. The summed E-state index contributed by atoms with van der Waals surface area (Å²) < 4.78 is 5.62. The van der Waals surface area contributed by atoms with E-state index in [1.165, 1.54) is 0 Å². The molecular formula is C13H13Cl2NO. The van der Waals surface area contributed by atoms with Crippen molar-refractivity contribution in [2.24, 2.45) is 0 Å². The van der Waals surface area contributed by atoms with Crippen LogP contribution in [0.3, 0.4) is 0 Å². The minimum atomic E-state index is -0.0418. The fourth-order valence-electron chi connectivity index (χ4n) is 1.82. The molecule has 0 bridgehead atoms. The van der Waals surface area contributed by atoms with Gasteiger partial charge in [0, 0.05) is 10.0 Å². The summed E-state index contributed by atoms with van der Waals surface area (Å²) in [5.41, 5.74) is 0.986. The molecule has 0 saturated heterocycles. The summed E-state index contributed by atoms with van der Waals surface area (Å²) in [5.74, 6) is 1.73. The maximum absolute atomic E-state index is 6.00. The van der Waals surface area contributed by atoms with Crippen LogP contribution in [-0.2, 0) is 0 Å². The molecule has 1 heterocycles. The molecule has 4 heteroatoms. The van der Waals surface area contributed by atoms with Crippen molar-refractivity contribution in [2.45, 2.75) is 13.0 Å². The lowest BCUT2D eigenvalue weighted by Crippen LogP contribution is -2.17. The molecule has 2 rings (SSSR count). The maximum atomic E-state index is 6.00. The first-order valence-electron chi connectivity index (χ1n) is 5.29. The van der Waals surface area contributed by atoms with Crippen LogP contribution in [0.1, 0.15) is 23.1 Å². The van der Waals surface area contributed by atoms with Gasteiger partial charge in [0.05, 0.1) is 6.04 Å². The van der Waals surface area contributed by atoms with Crippen molar-refractivity contribution in [3.05, 3.63) is 57.5 Å². The molecule has 0 aliphatic rings. The van der Waals surface area contributed by atoms with Crippen LogP contribution in [-0.4, -0.2) is 7.05 Å². The standard InChI is InChI=1S/C13H13Cl2NO/c1-8-3-4-12(17-8)13(16-2)9-5-10(14)7-11(15)6-9/h3-7,13,16H,1-2H3. The van der Waals surface area contributed by atoms with E-state index in [4.69, 9.17) is 27.6 Å². The summed E-state index contributed by atoms with van der Waals surface area (Å²) in [5, 5.41) is 4.43. The molecule has 0 amide bonds. The number of rotatable bonds is 3. The Bertz CT molecular complexity index is 502. The van der Waals surface area contributed by atoms with Crippen LogP contribution in [0.4, 0.5) is 0 Å². The van der Waals surface area contributed by atoms with Crippen molar-refractivity contribution in [2.75, 3.05) is 7.05 Å². The lowest BCUT2D eigenvalue weighted by molar-refractivity contribution is 0.444. The molecule has 2 nitrogen and oxygen atoms in total. The Balaban J connectivity index is 2.41. The van der Waals surface area contributed by atoms with Crippen LogP contribution in [0.25, 0.3) is 0 Å². The zero-order valence-electron chi connectivity index (χ0n) is 9.63. The van der Waals surface area contributed by atoms with E-state index < -0.39 is 0 Å². The van der Waals surface area contributed by atoms with Gasteiger partial charge in [-0.2, -0.15) is 0 Å². The Morgan fingerprint density at radius 3 is 2.24 bits per heavy atom. The molecule has 2 aromatic rings. The SMILES string of the molecule is CNC(c1cc(Cl)cc(Cl)c1)c1ccc(C)o1. The van der Waals surface area contributed by atoms with Crippen molar-refractivity contribution in [3.8, 4) is 0 Å². The van der Waals surface area contributed by atoms with E-state index in [2.05, 4.69) is 5.32 Å². The Morgan fingerprint density at radius 1 is 1.12 bits per heavy atom. The van der Waals surface area contributed by atoms with Gasteiger partial charge in [0.1, 0.15) is 11.5 Å². The number of hydrogen-bond acceptors (Lipinski definition) is 2. The molecule has 1 aromatic carbocycles. The van der Waals surface area contributed by atoms with Crippen LogP contribution < -0.4 is 5.32 Å². The number of hydrogen-bond donors (Lipinski definition) is 1. The highest BCUT2D eigenvalue weighted by Crippen LogP contribution is 2.28. The van der Waals surface area contributed by atoms with E-state index in [-0.39, 0.29) is 6.04 Å². The van der Waals surface area contributed by atoms with Gasteiger partial charge in [0.2, 0.25) is 0 Å². The first-order valence-corrected chi connectivity index (χ1v) is 6.05. The largest absolute Gasteiger partial charge is 0.464 e. The minimum Gasteiger partial charge on any atom is -0.464 e. The number of furan rings is 1. The lowest BCUT2D eigenvalue weighted by atomic mass is 10.1. The van der Waals surface area contributed by atoms with Gasteiger partial charge in [-0.15, -0.1) is 0 Å². The smallest absolute Gasteiger partial charge is 0.125 e. The van der Waals surface area contributed by atoms with E-state index in [0.717, 1.165) is 17.1 Å². The fourth-order valence-corrected chi connectivity index (χ4v) is 2.37. The molecule has 0 aliphatic carbocycles. The van der Waals surface area contributed by atoms with Crippen molar-refractivity contribution in [1.82, 2.24) is 5.32 Å². The molecule has 0 spiro atoms. The molecule has 0 aliphatic heterocycles. The van der Waals surface area contributed by atoms with Gasteiger partial charge in [0.15, 0.2) is 0 Å². The molecule has 1 N–H and O–H groups in total. The van der Waals surface area contributed by atoms with E-state index in [0.29, 0.717) is 10.0 Å². The van der Waals surface area contributed by atoms with Gasteiger partial charge in [-0.25, -0.2) is 0 Å². The number of nitrogens with one attached hydrogen (secondary N) is 1. The molecule has 1 aromatic heterocycles. The minimum absolute atomic E-state index is 0.0418. The summed E-state index contributed by atoms with van der Waals surface area (Å²) in [4.78, 5) is 0. The zero-order valence-corrected chi connectivity index (χ0v) is 11.1. The fraction of sp³-hybridized carbons (Fsp3) is 0.231. The van der Waals surface area contributed by atoms with Gasteiger partial charge >= 0.3 is 0 Å². The lowest BCUT2D eigenvalue weighted by Gasteiger charge is -2.14. The summed E-state index contributed by atoms with van der Waals surface area (Å²) in [6.07, 6.45) is 0. The third-order valence-corrected chi connectivity index (χ3v) is 2.99. The van der Waals surface area contributed by atoms with Gasteiger partial charge < -0.3 is 9.73 Å². The molecule has 90 valence electrons. The average molecular weight is 270 g/mol. The second-order valence-corrected chi connectivity index (χ2v) is 4.75. The first-order chi connectivity index (χ1) is 8.10. The molecule has 1 unspecified atom stereocenters. The molecule has 0 fully saturated rings. The van der Waals surface area contributed by atoms with Crippen molar-refractivity contribution in [3.63, 3.8) is 0 Å². The Morgan fingerprint density at radius 2 is 1.76 bits per heavy atom. The van der Waals surface area contributed by atoms with Crippen LogP contribution in [0.15, 0.2) is 34.7 Å². The van der Waals surface area contributed by atoms with Crippen molar-refractivity contribution >= 4 is 23.2 Å². The Hall–Kier alpha value is -0.960. The zero-order chi connectivity index (χ0) is 12.4. The van der Waals surface area contributed by atoms with Crippen LogP contribution >= 0.6 is 23.2 Å². The highest BCUT2D eigenvalue weighted by atomic mass is 35.5.